The van der Waals surface area contributed by atoms with Crippen molar-refractivity contribution < 1.29 is 29.4 Å². The number of benzene rings is 1. The Morgan fingerprint density at radius 1 is 1.20 bits per heavy atom. The van der Waals surface area contributed by atoms with Gasteiger partial charge in [0.25, 0.3) is 0 Å². The zero-order valence-electron chi connectivity index (χ0n) is 7.49. The van der Waals surface area contributed by atoms with Crippen LogP contribution >= 0.6 is 7.60 Å². The summed E-state index contributed by atoms with van der Waals surface area (Å²) in [4.78, 5) is 28.3. The van der Waals surface area contributed by atoms with Crippen molar-refractivity contribution in [2.45, 2.75) is 0 Å². The van der Waals surface area contributed by atoms with Crippen LogP contribution in [-0.4, -0.2) is 31.9 Å². The second-order valence-electron chi connectivity index (χ2n) is 2.95. The van der Waals surface area contributed by atoms with Crippen LogP contribution in [-0.2, 0) is 4.57 Å². The highest BCUT2D eigenvalue weighted by atomic mass is 31.2. The van der Waals surface area contributed by atoms with E-state index in [1.165, 1.54) is 6.07 Å². The van der Waals surface area contributed by atoms with Crippen molar-refractivity contribution in [3.05, 3.63) is 23.8 Å². The average molecular weight is 232 g/mol. The van der Waals surface area contributed by atoms with E-state index >= 15 is 0 Å². The van der Waals surface area contributed by atoms with Crippen LogP contribution in [0.4, 0.5) is 0 Å². The molecule has 1 aromatic carbocycles. The molecule has 0 aromatic heterocycles. The van der Waals surface area contributed by atoms with Crippen molar-refractivity contribution in [1.82, 2.24) is 0 Å². The highest BCUT2D eigenvalue weighted by Crippen LogP contribution is 2.35. The third-order valence-electron chi connectivity index (χ3n) is 1.65. The molecule has 7 heteroatoms. The lowest BCUT2D eigenvalue weighted by atomic mass is 10.1. The van der Waals surface area contributed by atoms with Gasteiger partial charge in [-0.2, -0.15) is 0 Å². The zero-order valence-corrected chi connectivity index (χ0v) is 8.39. The van der Waals surface area contributed by atoms with Crippen molar-refractivity contribution >= 4 is 13.4 Å². The van der Waals surface area contributed by atoms with Gasteiger partial charge >= 0.3 is 7.60 Å². The molecular formula is C8H9O6P. The fourth-order valence-corrected chi connectivity index (χ4v) is 1.53. The molecule has 0 saturated carbocycles. The Balaban J connectivity index is 2.93. The van der Waals surface area contributed by atoms with Gasteiger partial charge in [-0.15, -0.1) is 0 Å². The molecule has 1 aromatic rings. The Kier molecular flexibility index (Phi) is 3.14. The standard InChI is InChI=1S/C8H9O6P/c9-6-2-1-5(3-7(6)10)8(11)4-15(12,13)14/h1-3,9-10H,4H2,(H2,12,13,14). The van der Waals surface area contributed by atoms with Gasteiger partial charge in [-0.1, -0.05) is 0 Å². The van der Waals surface area contributed by atoms with Crippen molar-refractivity contribution in [3.8, 4) is 11.5 Å². The van der Waals surface area contributed by atoms with Crippen LogP contribution in [0.5, 0.6) is 11.5 Å². The molecule has 0 saturated heterocycles. The molecule has 0 aliphatic heterocycles. The summed E-state index contributed by atoms with van der Waals surface area (Å²) < 4.78 is 10.5. The minimum absolute atomic E-state index is 0.0615. The predicted molar refractivity (Wildman–Crippen MR) is 51.0 cm³/mol. The maximum absolute atomic E-state index is 11.2. The highest BCUT2D eigenvalue weighted by Gasteiger charge is 2.20. The number of phenols is 2. The summed E-state index contributed by atoms with van der Waals surface area (Å²) in [5, 5.41) is 18.0. The summed E-state index contributed by atoms with van der Waals surface area (Å²) in [6, 6.07) is 3.20. The molecule has 82 valence electrons. The van der Waals surface area contributed by atoms with Gasteiger partial charge in [0, 0.05) is 5.56 Å². The Morgan fingerprint density at radius 3 is 2.27 bits per heavy atom. The number of rotatable bonds is 3. The quantitative estimate of drug-likeness (QED) is 0.342. The highest BCUT2D eigenvalue weighted by molar-refractivity contribution is 7.52. The minimum atomic E-state index is -4.41. The predicted octanol–water partition coefficient (Wildman–Crippen LogP) is 0.458. The smallest absolute Gasteiger partial charge is 0.333 e. The Bertz CT molecular complexity index is 435. The maximum Gasteiger partial charge on any atom is 0.333 e. The fraction of sp³-hybridized carbons (Fsp3) is 0.125. The van der Waals surface area contributed by atoms with Crippen molar-refractivity contribution in [3.63, 3.8) is 0 Å². The molecule has 6 nitrogen and oxygen atoms in total. The topological polar surface area (TPSA) is 115 Å². The third kappa shape index (κ3) is 3.36. The van der Waals surface area contributed by atoms with E-state index in [4.69, 9.17) is 20.0 Å². The second kappa shape index (κ2) is 4.02. The number of hydrogen-bond donors (Lipinski definition) is 4. The van der Waals surface area contributed by atoms with Crippen LogP contribution in [0.3, 0.4) is 0 Å². The van der Waals surface area contributed by atoms with Crippen LogP contribution in [0, 0.1) is 0 Å². The molecular weight excluding hydrogens is 223 g/mol. The van der Waals surface area contributed by atoms with E-state index < -0.39 is 31.0 Å². The second-order valence-corrected chi connectivity index (χ2v) is 4.60. The molecule has 0 aliphatic rings. The molecule has 0 bridgehead atoms. The molecule has 0 amide bonds. The molecule has 0 fully saturated rings. The van der Waals surface area contributed by atoms with E-state index in [0.717, 1.165) is 12.1 Å². The number of Topliss-reactive ketones (excluding diaryl/α,β-unsaturated/α-hetero) is 1. The third-order valence-corrected chi connectivity index (χ3v) is 2.35. The van der Waals surface area contributed by atoms with Crippen LogP contribution in [0.15, 0.2) is 18.2 Å². The van der Waals surface area contributed by atoms with Crippen LogP contribution < -0.4 is 0 Å². The Labute approximate surface area is 85.0 Å². The number of aromatic hydroxyl groups is 2. The Morgan fingerprint density at radius 2 is 1.80 bits per heavy atom. The molecule has 0 aliphatic carbocycles. The molecule has 0 radical (unpaired) electrons. The van der Waals surface area contributed by atoms with E-state index in [1.54, 1.807) is 0 Å². The van der Waals surface area contributed by atoms with Gasteiger partial charge in [-0.25, -0.2) is 0 Å². The molecule has 0 heterocycles. The van der Waals surface area contributed by atoms with Gasteiger partial charge < -0.3 is 20.0 Å². The minimum Gasteiger partial charge on any atom is -0.504 e. The lowest BCUT2D eigenvalue weighted by molar-refractivity contribution is 0.101. The van der Waals surface area contributed by atoms with Gasteiger partial charge in [0.1, 0.15) is 6.16 Å². The van der Waals surface area contributed by atoms with Gasteiger partial charge in [-0.3, -0.25) is 9.36 Å². The maximum atomic E-state index is 11.2. The zero-order chi connectivity index (χ0) is 11.6. The first kappa shape index (κ1) is 11.7. The first-order valence-electron chi connectivity index (χ1n) is 3.89. The largest absolute Gasteiger partial charge is 0.504 e. The number of hydrogen-bond acceptors (Lipinski definition) is 4. The SMILES string of the molecule is O=C(CP(=O)(O)O)c1ccc(O)c(O)c1. The molecule has 1 rings (SSSR count). The van der Waals surface area contributed by atoms with E-state index in [-0.39, 0.29) is 5.56 Å². The van der Waals surface area contributed by atoms with E-state index in [0.29, 0.717) is 0 Å². The van der Waals surface area contributed by atoms with E-state index in [2.05, 4.69) is 0 Å². The molecule has 0 spiro atoms. The van der Waals surface area contributed by atoms with Crippen LogP contribution in [0.1, 0.15) is 10.4 Å². The molecule has 15 heavy (non-hydrogen) atoms. The summed E-state index contributed by atoms with van der Waals surface area (Å²) in [6.07, 6.45) is -0.919. The molecule has 4 N–H and O–H groups in total. The first-order chi connectivity index (χ1) is 6.79. The van der Waals surface area contributed by atoms with Crippen LogP contribution in [0.25, 0.3) is 0 Å². The van der Waals surface area contributed by atoms with Gasteiger partial charge in [-0.05, 0) is 18.2 Å². The lowest BCUT2D eigenvalue weighted by Gasteiger charge is -2.04. The summed E-state index contributed by atoms with van der Waals surface area (Å²) in [5.74, 6) is -1.70. The van der Waals surface area contributed by atoms with Crippen molar-refractivity contribution in [1.29, 1.82) is 0 Å². The summed E-state index contributed by atoms with van der Waals surface area (Å²) in [5.41, 5.74) is -0.0615. The Hall–Kier alpha value is -1.36. The number of phenolic OH excluding ortho intramolecular Hbond substituents is 2. The number of carbonyl (C=O) groups excluding carboxylic acids is 1. The lowest BCUT2D eigenvalue weighted by Crippen LogP contribution is -2.05. The fourth-order valence-electron chi connectivity index (χ4n) is 0.975. The van der Waals surface area contributed by atoms with Crippen molar-refractivity contribution in [2.75, 3.05) is 6.16 Å². The summed E-state index contributed by atoms with van der Waals surface area (Å²) in [6.45, 7) is 0. The molecule has 0 unspecified atom stereocenters. The monoisotopic (exact) mass is 232 g/mol. The number of ketones is 1. The van der Waals surface area contributed by atoms with Gasteiger partial charge in [0.15, 0.2) is 17.3 Å². The average Bonchev–Trinajstić information content (AvgIpc) is 2.06. The van der Waals surface area contributed by atoms with Crippen LogP contribution in [0.2, 0.25) is 0 Å². The first-order valence-corrected chi connectivity index (χ1v) is 5.69. The number of carbonyl (C=O) groups is 1. The van der Waals surface area contributed by atoms with Crippen molar-refractivity contribution in [2.24, 2.45) is 0 Å². The van der Waals surface area contributed by atoms with Gasteiger partial charge in [0.2, 0.25) is 0 Å². The summed E-state index contributed by atoms with van der Waals surface area (Å²) >= 11 is 0. The normalized spacial score (nSPS) is 11.3. The summed E-state index contributed by atoms with van der Waals surface area (Å²) in [7, 11) is -4.41. The van der Waals surface area contributed by atoms with E-state index in [9.17, 15) is 9.36 Å². The van der Waals surface area contributed by atoms with E-state index in [1.807, 2.05) is 0 Å². The molecule has 0 atom stereocenters. The van der Waals surface area contributed by atoms with Gasteiger partial charge in [0.05, 0.1) is 0 Å².